The molecule has 1 heterocycles. The van der Waals surface area contributed by atoms with E-state index in [0.717, 1.165) is 12.5 Å². The van der Waals surface area contributed by atoms with Crippen LogP contribution < -0.4 is 5.32 Å². The summed E-state index contributed by atoms with van der Waals surface area (Å²) in [5, 5.41) is 3.71. The van der Waals surface area contributed by atoms with E-state index in [1.165, 1.54) is 32.5 Å². The van der Waals surface area contributed by atoms with E-state index < -0.39 is 0 Å². The fraction of sp³-hybridized carbons (Fsp3) is 1.00. The van der Waals surface area contributed by atoms with Crippen LogP contribution in [0.4, 0.5) is 0 Å². The second-order valence-electron chi connectivity index (χ2n) is 5.81. The number of nitrogens with one attached hydrogen (secondary N) is 1. The van der Waals surface area contributed by atoms with Crippen molar-refractivity contribution in [3.05, 3.63) is 0 Å². The zero-order chi connectivity index (χ0) is 12.8. The Kier molecular flexibility index (Phi) is 6.45. The van der Waals surface area contributed by atoms with Gasteiger partial charge in [-0.2, -0.15) is 0 Å². The summed E-state index contributed by atoms with van der Waals surface area (Å²) < 4.78 is 0. The molecular weight excluding hydrogens is 210 g/mol. The van der Waals surface area contributed by atoms with Crippen LogP contribution in [0, 0.1) is 5.92 Å². The van der Waals surface area contributed by atoms with Gasteiger partial charge in [-0.15, -0.1) is 0 Å². The molecule has 3 atom stereocenters. The SMILES string of the molecule is CCN1CCCC(C(C)NCC(C)N(C)C)C1. The number of likely N-dealkylation sites (tertiary alicyclic amines) is 1. The molecule has 3 nitrogen and oxygen atoms in total. The summed E-state index contributed by atoms with van der Waals surface area (Å²) in [6.45, 7) is 11.8. The van der Waals surface area contributed by atoms with Crippen molar-refractivity contribution in [1.29, 1.82) is 0 Å². The summed E-state index contributed by atoms with van der Waals surface area (Å²) in [6, 6.07) is 1.26. The van der Waals surface area contributed by atoms with Crippen LogP contribution in [0.1, 0.15) is 33.6 Å². The molecule has 1 saturated heterocycles. The van der Waals surface area contributed by atoms with Crippen LogP contribution in [0.5, 0.6) is 0 Å². The molecule has 0 bridgehead atoms. The molecule has 0 aliphatic carbocycles. The van der Waals surface area contributed by atoms with Crippen LogP contribution in [0.3, 0.4) is 0 Å². The maximum atomic E-state index is 3.71. The van der Waals surface area contributed by atoms with Gasteiger partial charge in [0.15, 0.2) is 0 Å². The van der Waals surface area contributed by atoms with Gasteiger partial charge < -0.3 is 15.1 Å². The molecule has 0 radical (unpaired) electrons. The Labute approximate surface area is 108 Å². The van der Waals surface area contributed by atoms with Gasteiger partial charge >= 0.3 is 0 Å². The Balaban J connectivity index is 2.29. The Morgan fingerprint density at radius 3 is 2.65 bits per heavy atom. The standard InChI is InChI=1S/C14H31N3/c1-6-17-9-7-8-14(11-17)13(3)15-10-12(2)16(4)5/h12-15H,6-11H2,1-5H3. The number of hydrogen-bond acceptors (Lipinski definition) is 3. The fourth-order valence-electron chi connectivity index (χ4n) is 2.49. The summed E-state index contributed by atoms with van der Waals surface area (Å²) in [5.74, 6) is 0.832. The quantitative estimate of drug-likeness (QED) is 0.763. The molecule has 1 fully saturated rings. The maximum Gasteiger partial charge on any atom is 0.0186 e. The van der Waals surface area contributed by atoms with Crippen molar-refractivity contribution in [3.8, 4) is 0 Å². The van der Waals surface area contributed by atoms with Crippen molar-refractivity contribution in [2.24, 2.45) is 5.92 Å². The summed E-state index contributed by atoms with van der Waals surface area (Å²) in [6.07, 6.45) is 2.76. The summed E-state index contributed by atoms with van der Waals surface area (Å²) >= 11 is 0. The Hall–Kier alpha value is -0.120. The molecule has 0 aromatic heterocycles. The smallest absolute Gasteiger partial charge is 0.0186 e. The molecule has 1 rings (SSSR count). The fourth-order valence-corrected chi connectivity index (χ4v) is 2.49. The van der Waals surface area contributed by atoms with E-state index in [0.29, 0.717) is 12.1 Å². The average molecular weight is 241 g/mol. The third-order valence-electron chi connectivity index (χ3n) is 4.31. The van der Waals surface area contributed by atoms with E-state index in [9.17, 15) is 0 Å². The van der Waals surface area contributed by atoms with Gasteiger partial charge in [-0.3, -0.25) is 0 Å². The Morgan fingerprint density at radius 2 is 2.06 bits per heavy atom. The molecule has 0 amide bonds. The first-order valence-corrected chi connectivity index (χ1v) is 7.16. The highest BCUT2D eigenvalue weighted by Gasteiger charge is 2.23. The lowest BCUT2D eigenvalue weighted by Gasteiger charge is -2.36. The van der Waals surface area contributed by atoms with Crippen LogP contribution >= 0.6 is 0 Å². The van der Waals surface area contributed by atoms with E-state index in [1.54, 1.807) is 0 Å². The second-order valence-corrected chi connectivity index (χ2v) is 5.81. The third-order valence-corrected chi connectivity index (χ3v) is 4.31. The zero-order valence-electron chi connectivity index (χ0n) is 12.4. The Bertz CT molecular complexity index is 206. The van der Waals surface area contributed by atoms with Gasteiger partial charge in [-0.05, 0) is 59.8 Å². The topological polar surface area (TPSA) is 18.5 Å². The highest BCUT2D eigenvalue weighted by molar-refractivity contribution is 4.81. The zero-order valence-corrected chi connectivity index (χ0v) is 12.4. The lowest BCUT2D eigenvalue weighted by molar-refractivity contribution is 0.153. The minimum Gasteiger partial charge on any atom is -0.312 e. The molecular formula is C14H31N3. The predicted octanol–water partition coefficient (Wildman–Crippen LogP) is 1.65. The molecule has 102 valence electrons. The average Bonchev–Trinajstić information content (AvgIpc) is 2.35. The third kappa shape index (κ3) is 4.94. The first kappa shape index (κ1) is 14.9. The van der Waals surface area contributed by atoms with Gasteiger partial charge in [0.2, 0.25) is 0 Å². The van der Waals surface area contributed by atoms with Gasteiger partial charge in [0.1, 0.15) is 0 Å². The van der Waals surface area contributed by atoms with Gasteiger partial charge in [0.05, 0.1) is 0 Å². The summed E-state index contributed by atoms with van der Waals surface area (Å²) in [4.78, 5) is 4.86. The van der Waals surface area contributed by atoms with Crippen LogP contribution in [0.25, 0.3) is 0 Å². The van der Waals surface area contributed by atoms with E-state index in [1.807, 2.05) is 0 Å². The van der Waals surface area contributed by atoms with Gasteiger partial charge in [0, 0.05) is 25.2 Å². The van der Waals surface area contributed by atoms with E-state index in [-0.39, 0.29) is 0 Å². The maximum absolute atomic E-state index is 3.71. The number of piperidine rings is 1. The Morgan fingerprint density at radius 1 is 1.35 bits per heavy atom. The summed E-state index contributed by atoms with van der Waals surface area (Å²) in [7, 11) is 4.30. The molecule has 3 unspecified atom stereocenters. The van der Waals surface area contributed by atoms with Gasteiger partial charge in [-0.1, -0.05) is 6.92 Å². The van der Waals surface area contributed by atoms with Gasteiger partial charge in [0.25, 0.3) is 0 Å². The first-order chi connectivity index (χ1) is 8.04. The van der Waals surface area contributed by atoms with Crippen LogP contribution in [0.2, 0.25) is 0 Å². The lowest BCUT2D eigenvalue weighted by atomic mass is 9.91. The minimum atomic E-state index is 0.614. The van der Waals surface area contributed by atoms with Crippen molar-refractivity contribution in [1.82, 2.24) is 15.1 Å². The summed E-state index contributed by atoms with van der Waals surface area (Å²) in [5.41, 5.74) is 0. The molecule has 1 aliphatic rings. The molecule has 0 spiro atoms. The first-order valence-electron chi connectivity index (χ1n) is 7.16. The number of likely N-dealkylation sites (N-methyl/N-ethyl adjacent to an activating group) is 1. The van der Waals surface area contributed by atoms with Crippen LogP contribution in [-0.2, 0) is 0 Å². The van der Waals surface area contributed by atoms with Crippen molar-refractivity contribution >= 4 is 0 Å². The largest absolute Gasteiger partial charge is 0.312 e. The highest BCUT2D eigenvalue weighted by Crippen LogP contribution is 2.19. The number of nitrogens with zero attached hydrogens (tertiary/aromatic N) is 2. The molecule has 17 heavy (non-hydrogen) atoms. The monoisotopic (exact) mass is 241 g/mol. The van der Waals surface area contributed by atoms with Crippen molar-refractivity contribution < 1.29 is 0 Å². The van der Waals surface area contributed by atoms with Crippen molar-refractivity contribution in [2.75, 3.05) is 40.3 Å². The molecule has 0 aromatic rings. The highest BCUT2D eigenvalue weighted by atomic mass is 15.1. The molecule has 0 saturated carbocycles. The number of hydrogen-bond donors (Lipinski definition) is 1. The molecule has 1 N–H and O–H groups in total. The molecule has 0 aromatic carbocycles. The second kappa shape index (κ2) is 7.34. The molecule has 3 heteroatoms. The normalized spacial score (nSPS) is 26.1. The van der Waals surface area contributed by atoms with Crippen LogP contribution in [0.15, 0.2) is 0 Å². The van der Waals surface area contributed by atoms with E-state index in [2.05, 4.69) is 50.0 Å². The van der Waals surface area contributed by atoms with Crippen molar-refractivity contribution in [3.63, 3.8) is 0 Å². The van der Waals surface area contributed by atoms with Crippen molar-refractivity contribution in [2.45, 2.75) is 45.7 Å². The van der Waals surface area contributed by atoms with E-state index >= 15 is 0 Å². The lowest BCUT2D eigenvalue weighted by Crippen LogP contribution is -2.47. The predicted molar refractivity (Wildman–Crippen MR) is 75.5 cm³/mol. The minimum absolute atomic E-state index is 0.614. The number of rotatable bonds is 6. The van der Waals surface area contributed by atoms with Crippen LogP contribution in [-0.4, -0.2) is 62.2 Å². The van der Waals surface area contributed by atoms with Gasteiger partial charge in [-0.25, -0.2) is 0 Å². The molecule has 1 aliphatic heterocycles. The van der Waals surface area contributed by atoms with E-state index in [4.69, 9.17) is 0 Å².